The van der Waals surface area contributed by atoms with Gasteiger partial charge in [0.25, 0.3) is 0 Å². The Kier molecular flexibility index (Phi) is 82.3. The Bertz CT molecular complexity index is 1050. The number of amides is 2. The molecule has 0 fully saturated rings. The van der Waals surface area contributed by atoms with Crippen LogP contribution in [-0.2, 0) is 19.1 Å². The monoisotopic (exact) mass is 1080 g/mol. The van der Waals surface area contributed by atoms with Gasteiger partial charge in [0.15, 0.2) is 0 Å². The molecule has 0 radical (unpaired) electrons. The number of aldehydes is 1. The Morgan fingerprint density at radius 1 is 0.355 bits per heavy atom. The molecule has 0 aromatic carbocycles. The number of rotatable bonds is 58. The fourth-order valence-electron chi connectivity index (χ4n) is 9.63. The molecule has 76 heavy (non-hydrogen) atoms. The largest absolute Gasteiger partial charge is 0.381 e. The van der Waals surface area contributed by atoms with Crippen LogP contribution in [0.3, 0.4) is 0 Å². The van der Waals surface area contributed by atoms with Crippen molar-refractivity contribution >= 4 is 18.6 Å². The molecule has 0 unspecified atom stereocenters. The van der Waals surface area contributed by atoms with Crippen LogP contribution in [0, 0.1) is 0 Å². The number of hydrogen-bond donors (Lipinski definition) is 1. The minimum absolute atomic E-state index is 0.152. The lowest BCUT2D eigenvalue weighted by Crippen LogP contribution is -2.38. The summed E-state index contributed by atoms with van der Waals surface area (Å²) < 4.78 is 4.84. The first-order valence-corrected chi connectivity index (χ1v) is 33.8. The van der Waals surface area contributed by atoms with E-state index in [0.717, 1.165) is 64.8 Å². The Morgan fingerprint density at radius 3 is 1.03 bits per heavy atom. The number of hydrogen-bond acceptors (Lipinski definition) is 6. The lowest BCUT2D eigenvalue weighted by atomic mass is 10.1. The third-order valence-corrected chi connectivity index (χ3v) is 14.6. The van der Waals surface area contributed by atoms with Gasteiger partial charge in [0.1, 0.15) is 6.29 Å². The summed E-state index contributed by atoms with van der Waals surface area (Å²) in [6.45, 7) is 27.6. The van der Waals surface area contributed by atoms with E-state index in [1.807, 2.05) is 11.8 Å². The van der Waals surface area contributed by atoms with Crippen molar-refractivity contribution in [1.82, 2.24) is 20.0 Å². The summed E-state index contributed by atoms with van der Waals surface area (Å²) >= 11 is 0. The standard InChI is InChI=1S/C29H57N3O3.C21H45N.C10H22.C8H16O/c1-3-5-6-7-8-9-10-11-12-13-14-17-22-31(23-18-15-16-19-27-33)24-20-25-32(29(35)4-2)26-21-30-28-34;1-4-7-9-11-13-15-17-20-22(19-6-3)21-18-16-14-12-10-8-5-2;1-3-5-7-9-10-8-6-4-2;1-3-4-5-6-7-8-9-2/h27-28H,3-26H2,1-2H3,(H,30,34);4-21H2,1-3H3;3-10H2,1-2H3;6-7H,3-5,8H2,1-2H3/b;;;7-6-. The summed E-state index contributed by atoms with van der Waals surface area (Å²) in [5, 5.41) is 2.66. The molecular weight excluding hydrogens is 937 g/mol. The molecule has 0 aromatic heterocycles. The number of nitrogens with zero attached hydrogens (tertiary/aromatic N) is 3. The highest BCUT2D eigenvalue weighted by atomic mass is 16.5. The van der Waals surface area contributed by atoms with Crippen LogP contribution >= 0.6 is 0 Å². The zero-order valence-corrected chi connectivity index (χ0v) is 53.5. The van der Waals surface area contributed by atoms with Crippen molar-refractivity contribution in [3.63, 3.8) is 0 Å². The molecule has 0 heterocycles. The average Bonchev–Trinajstić information content (AvgIpc) is 3.43. The summed E-state index contributed by atoms with van der Waals surface area (Å²) in [5.74, 6) is 0.152. The quantitative estimate of drug-likeness (QED) is 0.0371. The van der Waals surface area contributed by atoms with E-state index in [1.54, 1.807) is 7.11 Å². The number of methoxy groups -OCH3 is 1. The van der Waals surface area contributed by atoms with Gasteiger partial charge in [-0.2, -0.15) is 0 Å². The maximum absolute atomic E-state index is 12.2. The molecule has 0 aliphatic heterocycles. The van der Waals surface area contributed by atoms with Gasteiger partial charge in [0.2, 0.25) is 12.3 Å². The van der Waals surface area contributed by atoms with Crippen molar-refractivity contribution in [3.8, 4) is 0 Å². The molecular formula is C68H140N4O4. The molecule has 0 saturated carbocycles. The van der Waals surface area contributed by atoms with E-state index in [2.05, 4.69) is 75.7 Å². The van der Waals surface area contributed by atoms with E-state index in [0.29, 0.717) is 32.3 Å². The SMILES string of the molecule is CCCC/C=C\COC.CCCCCCCCCC.CCCCCCCCCCCCCCN(CCCCCC=O)CCCN(CCNC=O)C(=O)CC.CCCCCCCCCN(CCC)CCCCCCCCC. The zero-order valence-electron chi connectivity index (χ0n) is 53.5. The molecule has 0 bridgehead atoms. The molecule has 1 N–H and O–H groups in total. The highest BCUT2D eigenvalue weighted by Gasteiger charge is 2.12. The Morgan fingerprint density at radius 2 is 0.697 bits per heavy atom. The predicted octanol–water partition coefficient (Wildman–Crippen LogP) is 19.8. The minimum Gasteiger partial charge on any atom is -0.381 e. The highest BCUT2D eigenvalue weighted by molar-refractivity contribution is 5.75. The van der Waals surface area contributed by atoms with E-state index in [9.17, 15) is 14.4 Å². The lowest BCUT2D eigenvalue weighted by molar-refractivity contribution is -0.131. The van der Waals surface area contributed by atoms with Gasteiger partial charge in [-0.3, -0.25) is 9.59 Å². The van der Waals surface area contributed by atoms with Crippen molar-refractivity contribution in [1.29, 1.82) is 0 Å². The Labute approximate surface area is 478 Å². The van der Waals surface area contributed by atoms with Gasteiger partial charge in [-0.25, -0.2) is 0 Å². The summed E-state index contributed by atoms with van der Waals surface area (Å²) in [6, 6.07) is 0. The first-order valence-electron chi connectivity index (χ1n) is 33.8. The van der Waals surface area contributed by atoms with E-state index < -0.39 is 0 Å². The predicted molar refractivity (Wildman–Crippen MR) is 339 cm³/mol. The molecule has 0 rings (SSSR count). The third kappa shape index (κ3) is 74.3. The molecule has 2 amide bonds. The van der Waals surface area contributed by atoms with Gasteiger partial charge in [-0.15, -0.1) is 0 Å². The van der Waals surface area contributed by atoms with Crippen molar-refractivity contribution in [2.75, 3.05) is 72.6 Å². The molecule has 0 aliphatic carbocycles. The van der Waals surface area contributed by atoms with Gasteiger partial charge in [-0.1, -0.05) is 286 Å². The maximum atomic E-state index is 12.2. The van der Waals surface area contributed by atoms with Gasteiger partial charge < -0.3 is 29.5 Å². The zero-order chi connectivity index (χ0) is 56.7. The molecule has 8 nitrogen and oxygen atoms in total. The normalized spacial score (nSPS) is 11.0. The number of carbonyl (C=O) groups is 3. The Hall–Kier alpha value is -1.77. The third-order valence-electron chi connectivity index (χ3n) is 14.6. The van der Waals surface area contributed by atoms with Crippen LogP contribution in [-0.4, -0.2) is 106 Å². The summed E-state index contributed by atoms with van der Waals surface area (Å²) in [4.78, 5) is 40.4. The second-order valence-electron chi connectivity index (χ2n) is 22.2. The van der Waals surface area contributed by atoms with E-state index in [-0.39, 0.29) is 5.91 Å². The van der Waals surface area contributed by atoms with Gasteiger partial charge >= 0.3 is 0 Å². The van der Waals surface area contributed by atoms with E-state index in [4.69, 9.17) is 4.74 Å². The van der Waals surface area contributed by atoms with Gasteiger partial charge in [0.05, 0.1) is 6.61 Å². The van der Waals surface area contributed by atoms with Crippen LogP contribution in [0.5, 0.6) is 0 Å². The number of ether oxygens (including phenoxy) is 1. The number of carbonyl (C=O) groups excluding carboxylic acids is 3. The van der Waals surface area contributed by atoms with Crippen LogP contribution in [0.4, 0.5) is 0 Å². The Balaban J connectivity index is -0.000000531. The summed E-state index contributed by atoms with van der Waals surface area (Å²) in [5.41, 5.74) is 0. The number of nitrogens with one attached hydrogen (secondary N) is 1. The fraction of sp³-hybridized carbons (Fsp3) is 0.926. The molecule has 8 heteroatoms. The number of unbranched alkanes of at least 4 members (excludes halogenated alkanes) is 35. The molecule has 0 spiro atoms. The van der Waals surface area contributed by atoms with Crippen molar-refractivity contribution in [2.24, 2.45) is 0 Å². The lowest BCUT2D eigenvalue weighted by Gasteiger charge is -2.26. The highest BCUT2D eigenvalue weighted by Crippen LogP contribution is 2.14. The van der Waals surface area contributed by atoms with Gasteiger partial charge in [0, 0.05) is 39.6 Å². The molecule has 0 atom stereocenters. The van der Waals surface area contributed by atoms with Crippen LogP contribution in [0.1, 0.15) is 338 Å². The van der Waals surface area contributed by atoms with E-state index >= 15 is 0 Å². The van der Waals surface area contributed by atoms with Crippen LogP contribution in [0.2, 0.25) is 0 Å². The maximum Gasteiger partial charge on any atom is 0.222 e. The molecule has 456 valence electrons. The first kappa shape index (κ1) is 80.7. The van der Waals surface area contributed by atoms with Crippen molar-refractivity contribution in [2.45, 2.75) is 338 Å². The van der Waals surface area contributed by atoms with Gasteiger partial charge in [-0.05, 0) is 90.6 Å². The average molecular weight is 1080 g/mol. The van der Waals surface area contributed by atoms with Crippen molar-refractivity contribution in [3.05, 3.63) is 12.2 Å². The van der Waals surface area contributed by atoms with E-state index in [1.165, 1.54) is 264 Å². The molecule has 0 aromatic rings. The second kappa shape index (κ2) is 77.5. The smallest absolute Gasteiger partial charge is 0.222 e. The minimum atomic E-state index is 0.152. The topological polar surface area (TPSA) is 82.2 Å². The van der Waals surface area contributed by atoms with Crippen LogP contribution < -0.4 is 5.32 Å². The van der Waals surface area contributed by atoms with Crippen LogP contribution in [0.25, 0.3) is 0 Å². The van der Waals surface area contributed by atoms with Crippen molar-refractivity contribution < 1.29 is 19.1 Å². The molecule has 0 saturated heterocycles. The number of allylic oxidation sites excluding steroid dienone is 1. The molecule has 0 aliphatic rings. The second-order valence-corrected chi connectivity index (χ2v) is 22.2. The summed E-state index contributed by atoms with van der Waals surface area (Å²) in [6.07, 6.45) is 64.3. The summed E-state index contributed by atoms with van der Waals surface area (Å²) in [7, 11) is 1.71. The first-order chi connectivity index (χ1) is 37.4. The van der Waals surface area contributed by atoms with Crippen LogP contribution in [0.15, 0.2) is 12.2 Å². The fourth-order valence-corrected chi connectivity index (χ4v) is 9.63.